The molecule has 0 fully saturated rings. The largest absolute Gasteiger partial charge is 0.291 e. The van der Waals surface area contributed by atoms with Gasteiger partial charge in [-0.05, 0) is 27.9 Å². The van der Waals surface area contributed by atoms with E-state index in [1.54, 1.807) is 0 Å². The van der Waals surface area contributed by atoms with Crippen LogP contribution in [-0.4, -0.2) is 5.21 Å². The molecule has 0 aliphatic carbocycles. The minimum absolute atomic E-state index is 0.704. The first-order valence-corrected chi connectivity index (χ1v) is 4.38. The van der Waals surface area contributed by atoms with Crippen LogP contribution in [0.5, 0.6) is 0 Å². The Morgan fingerprint density at radius 2 is 1.91 bits per heavy atom. The van der Waals surface area contributed by atoms with Crippen LogP contribution in [0.25, 0.3) is 6.08 Å². The Labute approximate surface area is 79.0 Å². The summed E-state index contributed by atoms with van der Waals surface area (Å²) in [6, 6.07) is 7.47. The second-order valence-corrected chi connectivity index (χ2v) is 2.75. The molecular weight excluding hydrogens is 253 g/mol. The maximum Gasteiger partial charge on any atom is 0.0602 e. The van der Waals surface area contributed by atoms with E-state index in [1.807, 2.05) is 34.4 Å². The van der Waals surface area contributed by atoms with E-state index in [0.29, 0.717) is 5.69 Å². The van der Waals surface area contributed by atoms with Gasteiger partial charge in [0.05, 0.1) is 5.69 Å². The Hall–Kier alpha value is -0.550. The lowest BCUT2D eigenvalue weighted by atomic mass is 10.2. The monoisotopic (exact) mass is 261 g/mol. The van der Waals surface area contributed by atoms with E-state index in [4.69, 9.17) is 5.21 Å². The van der Waals surface area contributed by atoms with Crippen molar-refractivity contribution in [3.8, 4) is 0 Å². The maximum absolute atomic E-state index is 8.49. The Bertz CT molecular complexity index is 243. The fourth-order valence-corrected chi connectivity index (χ4v) is 1.16. The first-order valence-electron chi connectivity index (χ1n) is 3.14. The quantitative estimate of drug-likeness (QED) is 0.633. The van der Waals surface area contributed by atoms with Gasteiger partial charge in [-0.15, -0.1) is 0 Å². The van der Waals surface area contributed by atoms with E-state index in [0.717, 1.165) is 5.56 Å². The molecule has 0 unspecified atom stereocenters. The van der Waals surface area contributed by atoms with Crippen LogP contribution in [-0.2, 0) is 0 Å². The third-order valence-electron chi connectivity index (χ3n) is 1.30. The number of hydrogen-bond donors (Lipinski definition) is 2. The van der Waals surface area contributed by atoms with E-state index in [-0.39, 0.29) is 0 Å². The van der Waals surface area contributed by atoms with Crippen molar-refractivity contribution in [3.05, 3.63) is 33.9 Å². The van der Waals surface area contributed by atoms with Crippen LogP contribution in [0.15, 0.2) is 28.3 Å². The van der Waals surface area contributed by atoms with E-state index in [2.05, 4.69) is 28.1 Å². The molecule has 2 N–H and O–H groups in total. The van der Waals surface area contributed by atoms with Gasteiger partial charge in [-0.2, -0.15) is 0 Å². The molecule has 1 aromatic rings. The average Bonchev–Trinajstić information content (AvgIpc) is 2.07. The van der Waals surface area contributed by atoms with Crippen molar-refractivity contribution >= 4 is 34.4 Å². The van der Waals surface area contributed by atoms with Crippen LogP contribution in [0.4, 0.5) is 5.69 Å². The standard InChI is InChI=1S/C8H8INO/c9-6-5-7-1-3-8(10-11)4-2-7/h1-6,10-11H/b6-5+. The van der Waals surface area contributed by atoms with Gasteiger partial charge in [0.1, 0.15) is 0 Å². The number of anilines is 1. The first-order chi connectivity index (χ1) is 5.36. The summed E-state index contributed by atoms with van der Waals surface area (Å²) in [7, 11) is 0. The highest BCUT2D eigenvalue weighted by Gasteiger charge is 1.87. The molecule has 0 saturated heterocycles. The highest BCUT2D eigenvalue weighted by molar-refractivity contribution is 14.1. The molecule has 0 aliphatic rings. The lowest BCUT2D eigenvalue weighted by molar-refractivity contribution is 0.389. The van der Waals surface area contributed by atoms with E-state index >= 15 is 0 Å². The zero-order valence-electron chi connectivity index (χ0n) is 5.79. The summed E-state index contributed by atoms with van der Waals surface area (Å²) in [6.07, 6.45) is 1.99. The lowest BCUT2D eigenvalue weighted by Gasteiger charge is -1.97. The molecule has 0 spiro atoms. The Morgan fingerprint density at radius 3 is 2.36 bits per heavy atom. The van der Waals surface area contributed by atoms with Gasteiger partial charge < -0.3 is 0 Å². The summed E-state index contributed by atoms with van der Waals surface area (Å²) in [4.78, 5) is 0. The smallest absolute Gasteiger partial charge is 0.0602 e. The summed E-state index contributed by atoms with van der Waals surface area (Å²) in [5.41, 5.74) is 3.90. The number of hydrogen-bond acceptors (Lipinski definition) is 2. The summed E-state index contributed by atoms with van der Waals surface area (Å²) in [6.45, 7) is 0. The zero-order valence-corrected chi connectivity index (χ0v) is 7.95. The summed E-state index contributed by atoms with van der Waals surface area (Å²) in [5, 5.41) is 8.49. The fourth-order valence-electron chi connectivity index (χ4n) is 0.742. The molecular formula is C8H8INO. The molecule has 0 heterocycles. The third kappa shape index (κ3) is 2.51. The van der Waals surface area contributed by atoms with E-state index in [1.165, 1.54) is 0 Å². The van der Waals surface area contributed by atoms with Crippen LogP contribution < -0.4 is 5.48 Å². The molecule has 0 bridgehead atoms. The highest BCUT2D eigenvalue weighted by atomic mass is 127. The molecule has 0 atom stereocenters. The molecule has 0 aromatic heterocycles. The third-order valence-corrected chi connectivity index (χ3v) is 1.65. The van der Waals surface area contributed by atoms with E-state index < -0.39 is 0 Å². The molecule has 0 amide bonds. The predicted octanol–water partition coefficient (Wildman–Crippen LogP) is 2.89. The molecule has 0 saturated carbocycles. The van der Waals surface area contributed by atoms with Crippen molar-refractivity contribution in [2.75, 3.05) is 5.48 Å². The predicted molar refractivity (Wildman–Crippen MR) is 54.9 cm³/mol. The van der Waals surface area contributed by atoms with Crippen molar-refractivity contribution < 1.29 is 5.21 Å². The molecule has 1 rings (SSSR count). The van der Waals surface area contributed by atoms with Gasteiger partial charge in [0.15, 0.2) is 0 Å². The van der Waals surface area contributed by atoms with Crippen LogP contribution in [0.1, 0.15) is 5.56 Å². The van der Waals surface area contributed by atoms with Gasteiger partial charge in [-0.1, -0.05) is 34.7 Å². The summed E-state index contributed by atoms with van der Waals surface area (Å²) in [5.74, 6) is 0. The van der Waals surface area contributed by atoms with Gasteiger partial charge in [0, 0.05) is 0 Å². The zero-order chi connectivity index (χ0) is 8.10. The first kappa shape index (κ1) is 8.55. The van der Waals surface area contributed by atoms with Crippen molar-refractivity contribution in [1.29, 1.82) is 0 Å². The number of benzene rings is 1. The summed E-state index contributed by atoms with van der Waals surface area (Å²) < 4.78 is 1.94. The minimum Gasteiger partial charge on any atom is -0.291 e. The highest BCUT2D eigenvalue weighted by Crippen LogP contribution is 2.10. The Morgan fingerprint density at radius 1 is 1.27 bits per heavy atom. The normalized spacial score (nSPS) is 10.4. The second-order valence-electron chi connectivity index (χ2n) is 2.03. The van der Waals surface area contributed by atoms with E-state index in [9.17, 15) is 0 Å². The molecule has 0 radical (unpaired) electrons. The summed E-state index contributed by atoms with van der Waals surface area (Å²) >= 11 is 2.16. The van der Waals surface area contributed by atoms with Crippen LogP contribution in [0, 0.1) is 0 Å². The van der Waals surface area contributed by atoms with Crippen molar-refractivity contribution in [1.82, 2.24) is 0 Å². The molecule has 11 heavy (non-hydrogen) atoms. The topological polar surface area (TPSA) is 32.3 Å². The molecule has 1 aromatic carbocycles. The SMILES string of the molecule is ONc1ccc(/C=C/I)cc1. The van der Waals surface area contributed by atoms with Crippen LogP contribution >= 0.6 is 22.6 Å². The van der Waals surface area contributed by atoms with Gasteiger partial charge >= 0.3 is 0 Å². The Kier molecular flexibility index (Phi) is 3.38. The van der Waals surface area contributed by atoms with Gasteiger partial charge in [0.2, 0.25) is 0 Å². The Balaban J connectivity index is 2.82. The number of rotatable bonds is 2. The molecule has 3 heteroatoms. The van der Waals surface area contributed by atoms with Crippen molar-refractivity contribution in [3.63, 3.8) is 0 Å². The molecule has 58 valence electrons. The minimum atomic E-state index is 0.704. The molecule has 2 nitrogen and oxygen atoms in total. The van der Waals surface area contributed by atoms with Crippen LogP contribution in [0.2, 0.25) is 0 Å². The average molecular weight is 261 g/mol. The van der Waals surface area contributed by atoms with Crippen molar-refractivity contribution in [2.24, 2.45) is 0 Å². The lowest BCUT2D eigenvalue weighted by Crippen LogP contribution is -1.87. The van der Waals surface area contributed by atoms with Crippen LogP contribution in [0.3, 0.4) is 0 Å². The maximum atomic E-state index is 8.49. The number of halogens is 1. The van der Waals surface area contributed by atoms with Gasteiger partial charge in [-0.3, -0.25) is 10.7 Å². The fraction of sp³-hybridized carbons (Fsp3) is 0. The number of nitrogens with one attached hydrogen (secondary N) is 1. The molecule has 0 aliphatic heterocycles. The van der Waals surface area contributed by atoms with Crippen molar-refractivity contribution in [2.45, 2.75) is 0 Å². The van der Waals surface area contributed by atoms with Gasteiger partial charge in [-0.25, -0.2) is 0 Å². The van der Waals surface area contributed by atoms with Gasteiger partial charge in [0.25, 0.3) is 0 Å². The second kappa shape index (κ2) is 4.35.